The summed E-state index contributed by atoms with van der Waals surface area (Å²) in [6.45, 7) is 6.25. The minimum absolute atomic E-state index is 0.125. The molecule has 1 aromatic heterocycles. The van der Waals surface area contributed by atoms with Crippen molar-refractivity contribution in [3.63, 3.8) is 0 Å². The van der Waals surface area contributed by atoms with E-state index in [4.69, 9.17) is 5.26 Å². The van der Waals surface area contributed by atoms with Gasteiger partial charge in [0.15, 0.2) is 0 Å². The zero-order chi connectivity index (χ0) is 18.6. The van der Waals surface area contributed by atoms with E-state index >= 15 is 0 Å². The van der Waals surface area contributed by atoms with E-state index in [1.165, 1.54) is 0 Å². The number of nitrogens with one attached hydrogen (secondary N) is 2. The summed E-state index contributed by atoms with van der Waals surface area (Å²) in [5, 5.41) is 15.7. The molecule has 1 heterocycles. The van der Waals surface area contributed by atoms with Gasteiger partial charge < -0.3 is 10.6 Å². The number of nitrogens with zero attached hydrogens (tertiary/aromatic N) is 3. The van der Waals surface area contributed by atoms with E-state index in [1.807, 2.05) is 48.5 Å². The molecule has 26 heavy (non-hydrogen) atoms. The Morgan fingerprint density at radius 2 is 1.69 bits per heavy atom. The first-order valence-electron chi connectivity index (χ1n) is 8.43. The smallest absolute Gasteiger partial charge is 0.229 e. The summed E-state index contributed by atoms with van der Waals surface area (Å²) in [6, 6.07) is 21.3. The van der Waals surface area contributed by atoms with Gasteiger partial charge in [0, 0.05) is 22.9 Å². The van der Waals surface area contributed by atoms with Crippen molar-refractivity contribution in [2.24, 2.45) is 0 Å². The van der Waals surface area contributed by atoms with Gasteiger partial charge in [0.2, 0.25) is 5.95 Å². The van der Waals surface area contributed by atoms with Crippen LogP contribution in [0.25, 0.3) is 11.3 Å². The molecule has 0 unspecified atom stereocenters. The molecule has 0 bridgehead atoms. The van der Waals surface area contributed by atoms with Crippen LogP contribution in [0.15, 0.2) is 60.7 Å². The number of benzene rings is 2. The van der Waals surface area contributed by atoms with E-state index in [2.05, 4.69) is 47.4 Å². The van der Waals surface area contributed by atoms with Crippen LogP contribution in [0.3, 0.4) is 0 Å². The van der Waals surface area contributed by atoms with Crippen molar-refractivity contribution in [1.29, 1.82) is 5.26 Å². The molecular formula is C21H21N5. The SMILES string of the molecule is CC(C)(C)Nc1cc(-c2ccccc2)nc(Nc2cccc(C#N)c2)n1. The van der Waals surface area contributed by atoms with Crippen LogP contribution in [0.4, 0.5) is 17.5 Å². The monoisotopic (exact) mass is 343 g/mol. The summed E-state index contributed by atoms with van der Waals surface area (Å²) >= 11 is 0. The lowest BCUT2D eigenvalue weighted by molar-refractivity contribution is 0.630. The molecule has 0 aliphatic heterocycles. The lowest BCUT2D eigenvalue weighted by atomic mass is 10.1. The van der Waals surface area contributed by atoms with Crippen molar-refractivity contribution >= 4 is 17.5 Å². The Balaban J connectivity index is 2.00. The van der Waals surface area contributed by atoms with Crippen molar-refractivity contribution in [3.05, 3.63) is 66.2 Å². The summed E-state index contributed by atoms with van der Waals surface area (Å²) < 4.78 is 0. The molecule has 0 fully saturated rings. The Morgan fingerprint density at radius 1 is 0.923 bits per heavy atom. The molecule has 3 rings (SSSR count). The number of rotatable bonds is 4. The van der Waals surface area contributed by atoms with Crippen LogP contribution in [0.2, 0.25) is 0 Å². The maximum atomic E-state index is 9.07. The average Bonchev–Trinajstić information content (AvgIpc) is 2.61. The highest BCUT2D eigenvalue weighted by Gasteiger charge is 2.13. The molecule has 0 aliphatic rings. The summed E-state index contributed by atoms with van der Waals surface area (Å²) in [7, 11) is 0. The first-order chi connectivity index (χ1) is 12.4. The Hall–Kier alpha value is -3.39. The van der Waals surface area contributed by atoms with Gasteiger partial charge in [-0.2, -0.15) is 10.2 Å². The largest absolute Gasteiger partial charge is 0.365 e. The quantitative estimate of drug-likeness (QED) is 0.699. The van der Waals surface area contributed by atoms with E-state index in [0.29, 0.717) is 11.5 Å². The second kappa shape index (κ2) is 7.24. The van der Waals surface area contributed by atoms with Gasteiger partial charge in [0.1, 0.15) is 5.82 Å². The van der Waals surface area contributed by atoms with Crippen LogP contribution in [0.5, 0.6) is 0 Å². The first kappa shape index (κ1) is 17.4. The van der Waals surface area contributed by atoms with E-state index in [9.17, 15) is 0 Å². The van der Waals surface area contributed by atoms with Crippen LogP contribution in [0.1, 0.15) is 26.3 Å². The Labute approximate surface area is 153 Å². The first-order valence-corrected chi connectivity index (χ1v) is 8.43. The molecule has 5 heteroatoms. The minimum Gasteiger partial charge on any atom is -0.365 e. The fourth-order valence-electron chi connectivity index (χ4n) is 2.50. The maximum absolute atomic E-state index is 9.07. The number of hydrogen-bond donors (Lipinski definition) is 2. The standard InChI is InChI=1S/C21H21N5/c1-21(2,3)26-19-13-18(16-9-5-4-6-10-16)24-20(25-19)23-17-11-7-8-15(12-17)14-22/h4-13H,1-3H3,(H2,23,24,25,26). The zero-order valence-electron chi connectivity index (χ0n) is 15.1. The van der Waals surface area contributed by atoms with E-state index in [-0.39, 0.29) is 5.54 Å². The summed E-state index contributed by atoms with van der Waals surface area (Å²) in [5.41, 5.74) is 3.07. The molecule has 5 nitrogen and oxygen atoms in total. The van der Waals surface area contributed by atoms with Gasteiger partial charge in [-0.25, -0.2) is 4.98 Å². The molecule has 0 amide bonds. The maximum Gasteiger partial charge on any atom is 0.229 e. The highest BCUT2D eigenvalue weighted by Crippen LogP contribution is 2.24. The molecular weight excluding hydrogens is 322 g/mol. The molecule has 0 atom stereocenters. The predicted octanol–water partition coefficient (Wildman–Crippen LogP) is 4.97. The molecule has 0 saturated carbocycles. The van der Waals surface area contributed by atoms with Gasteiger partial charge in [-0.1, -0.05) is 36.4 Å². The highest BCUT2D eigenvalue weighted by atomic mass is 15.2. The molecule has 0 saturated heterocycles. The number of hydrogen-bond acceptors (Lipinski definition) is 5. The highest BCUT2D eigenvalue weighted by molar-refractivity contribution is 5.66. The topological polar surface area (TPSA) is 73.6 Å². The van der Waals surface area contributed by atoms with Crippen LogP contribution < -0.4 is 10.6 Å². The number of nitriles is 1. The van der Waals surface area contributed by atoms with Crippen molar-refractivity contribution in [2.75, 3.05) is 10.6 Å². The lowest BCUT2D eigenvalue weighted by Crippen LogP contribution is -2.26. The van der Waals surface area contributed by atoms with Crippen molar-refractivity contribution in [1.82, 2.24) is 9.97 Å². The van der Waals surface area contributed by atoms with Gasteiger partial charge in [-0.05, 0) is 39.0 Å². The third-order valence-electron chi connectivity index (χ3n) is 3.55. The molecule has 0 aliphatic carbocycles. The van der Waals surface area contributed by atoms with Gasteiger partial charge in [0.25, 0.3) is 0 Å². The Kier molecular flexibility index (Phi) is 4.85. The van der Waals surface area contributed by atoms with Gasteiger partial charge in [-0.3, -0.25) is 0 Å². The third-order valence-corrected chi connectivity index (χ3v) is 3.55. The molecule has 0 radical (unpaired) electrons. The van der Waals surface area contributed by atoms with Gasteiger partial charge in [0.05, 0.1) is 17.3 Å². The van der Waals surface area contributed by atoms with Crippen LogP contribution in [-0.4, -0.2) is 15.5 Å². The second-order valence-electron chi connectivity index (χ2n) is 7.02. The van der Waals surface area contributed by atoms with Crippen molar-refractivity contribution in [2.45, 2.75) is 26.3 Å². The van der Waals surface area contributed by atoms with Crippen LogP contribution in [0, 0.1) is 11.3 Å². The summed E-state index contributed by atoms with van der Waals surface area (Å²) in [4.78, 5) is 9.22. The van der Waals surface area contributed by atoms with Gasteiger partial charge in [-0.15, -0.1) is 0 Å². The molecule has 130 valence electrons. The molecule has 3 aromatic rings. The van der Waals surface area contributed by atoms with E-state index in [0.717, 1.165) is 22.8 Å². The number of aromatic nitrogens is 2. The Morgan fingerprint density at radius 3 is 2.38 bits per heavy atom. The van der Waals surface area contributed by atoms with Crippen molar-refractivity contribution < 1.29 is 0 Å². The molecule has 2 aromatic carbocycles. The second-order valence-corrected chi connectivity index (χ2v) is 7.02. The molecule has 2 N–H and O–H groups in total. The van der Waals surface area contributed by atoms with E-state index in [1.54, 1.807) is 12.1 Å². The Bertz CT molecular complexity index is 937. The predicted molar refractivity (Wildman–Crippen MR) is 105 cm³/mol. The van der Waals surface area contributed by atoms with Gasteiger partial charge >= 0.3 is 0 Å². The normalized spacial score (nSPS) is 10.8. The third kappa shape index (κ3) is 4.58. The van der Waals surface area contributed by atoms with Crippen LogP contribution in [-0.2, 0) is 0 Å². The fraction of sp³-hybridized carbons (Fsp3) is 0.190. The van der Waals surface area contributed by atoms with Crippen molar-refractivity contribution in [3.8, 4) is 17.3 Å². The zero-order valence-corrected chi connectivity index (χ0v) is 15.1. The number of anilines is 3. The lowest BCUT2D eigenvalue weighted by Gasteiger charge is -2.22. The fourth-order valence-corrected chi connectivity index (χ4v) is 2.50. The average molecular weight is 343 g/mol. The summed E-state index contributed by atoms with van der Waals surface area (Å²) in [5.74, 6) is 1.22. The minimum atomic E-state index is -0.125. The summed E-state index contributed by atoms with van der Waals surface area (Å²) in [6.07, 6.45) is 0. The van der Waals surface area contributed by atoms with E-state index < -0.39 is 0 Å². The van der Waals surface area contributed by atoms with Crippen LogP contribution >= 0.6 is 0 Å². The molecule has 0 spiro atoms.